The van der Waals surface area contributed by atoms with Gasteiger partial charge in [-0.25, -0.2) is 4.79 Å². The minimum Gasteiger partial charge on any atom is -0.456 e. The van der Waals surface area contributed by atoms with E-state index in [2.05, 4.69) is 34.3 Å². The number of hydrogen-bond acceptors (Lipinski definition) is 2. The molecule has 0 spiro atoms. The molecule has 0 aromatic rings. The van der Waals surface area contributed by atoms with Gasteiger partial charge in [0.15, 0.2) is 0 Å². The largest absolute Gasteiger partial charge is 0.456 e. The Morgan fingerprint density at radius 1 is 1.10 bits per heavy atom. The Labute approximate surface area is 129 Å². The van der Waals surface area contributed by atoms with E-state index >= 15 is 0 Å². The van der Waals surface area contributed by atoms with Crippen LogP contribution in [0.5, 0.6) is 0 Å². The van der Waals surface area contributed by atoms with Crippen LogP contribution in [0.15, 0.2) is 12.2 Å². The van der Waals surface area contributed by atoms with E-state index in [0.717, 1.165) is 37.0 Å². The summed E-state index contributed by atoms with van der Waals surface area (Å²) in [5.41, 5.74) is 0.558. The van der Waals surface area contributed by atoms with Gasteiger partial charge in [0.1, 0.15) is 5.60 Å². The van der Waals surface area contributed by atoms with Crippen LogP contribution in [0.2, 0.25) is 0 Å². The quantitative estimate of drug-likeness (QED) is 0.554. The van der Waals surface area contributed by atoms with Gasteiger partial charge in [-0.1, -0.05) is 34.3 Å². The van der Waals surface area contributed by atoms with Crippen molar-refractivity contribution in [2.45, 2.75) is 71.8 Å². The van der Waals surface area contributed by atoms with Crippen molar-refractivity contribution >= 4 is 5.97 Å². The van der Waals surface area contributed by atoms with Gasteiger partial charge in [0.05, 0.1) is 0 Å². The summed E-state index contributed by atoms with van der Waals surface area (Å²) in [4.78, 5) is 12.6. The van der Waals surface area contributed by atoms with Crippen molar-refractivity contribution in [3.05, 3.63) is 12.2 Å². The molecular formula is C19H30O2. The number of hydrogen-bond donors (Lipinski definition) is 0. The molecule has 2 heteroatoms. The highest BCUT2D eigenvalue weighted by Gasteiger charge is 2.53. The topological polar surface area (TPSA) is 26.3 Å². The fourth-order valence-corrected chi connectivity index (χ4v) is 5.12. The monoisotopic (exact) mass is 290 g/mol. The normalized spacial score (nSPS) is 39.1. The van der Waals surface area contributed by atoms with Crippen molar-refractivity contribution in [3.63, 3.8) is 0 Å². The highest BCUT2D eigenvalue weighted by molar-refractivity contribution is 5.88. The summed E-state index contributed by atoms with van der Waals surface area (Å²) < 4.78 is 6.09. The Morgan fingerprint density at radius 2 is 1.52 bits per heavy atom. The Bertz CT molecular complexity index is 419. The van der Waals surface area contributed by atoms with Crippen LogP contribution in [0.3, 0.4) is 0 Å². The molecule has 118 valence electrons. The van der Waals surface area contributed by atoms with Crippen LogP contribution in [-0.4, -0.2) is 11.6 Å². The van der Waals surface area contributed by atoms with E-state index in [1.807, 2.05) is 0 Å². The van der Waals surface area contributed by atoms with Gasteiger partial charge in [0.2, 0.25) is 0 Å². The molecule has 1 unspecified atom stereocenters. The fraction of sp³-hybridized carbons (Fsp3) is 0.842. The van der Waals surface area contributed by atoms with Gasteiger partial charge >= 0.3 is 5.97 Å². The number of carbonyl (C=O) groups excluding carboxylic acids is 1. The Balaban J connectivity index is 1.69. The lowest BCUT2D eigenvalue weighted by atomic mass is 9.54. The molecule has 0 aromatic heterocycles. The lowest BCUT2D eigenvalue weighted by molar-refractivity contribution is -0.183. The molecule has 4 aliphatic rings. The maximum Gasteiger partial charge on any atom is 0.334 e. The van der Waals surface area contributed by atoms with Crippen molar-refractivity contribution in [2.75, 3.05) is 0 Å². The Kier molecular flexibility index (Phi) is 3.50. The van der Waals surface area contributed by atoms with Crippen LogP contribution in [0.1, 0.15) is 66.2 Å². The molecule has 0 aromatic carbocycles. The summed E-state index contributed by atoms with van der Waals surface area (Å²) in [7, 11) is 0. The van der Waals surface area contributed by atoms with Crippen LogP contribution < -0.4 is 0 Å². The van der Waals surface area contributed by atoms with Gasteiger partial charge < -0.3 is 4.74 Å². The van der Waals surface area contributed by atoms with E-state index in [9.17, 15) is 4.79 Å². The van der Waals surface area contributed by atoms with E-state index in [1.165, 1.54) is 19.3 Å². The maximum atomic E-state index is 12.6. The second-order valence-electron chi connectivity index (χ2n) is 9.10. The maximum absolute atomic E-state index is 12.6. The van der Waals surface area contributed by atoms with Gasteiger partial charge in [-0.15, -0.1) is 0 Å². The third-order valence-electron chi connectivity index (χ3n) is 6.38. The number of rotatable bonds is 3. The zero-order valence-corrected chi connectivity index (χ0v) is 14.1. The average molecular weight is 290 g/mol. The first kappa shape index (κ1) is 15.1. The van der Waals surface area contributed by atoms with Crippen LogP contribution in [0.25, 0.3) is 0 Å². The molecule has 0 N–H and O–H groups in total. The van der Waals surface area contributed by atoms with Crippen molar-refractivity contribution in [2.24, 2.45) is 29.1 Å². The third-order valence-corrected chi connectivity index (χ3v) is 6.38. The average Bonchev–Trinajstić information content (AvgIpc) is 2.33. The molecule has 0 saturated heterocycles. The zero-order valence-electron chi connectivity index (χ0n) is 14.1. The number of ether oxygens (including phenoxy) is 1. The van der Waals surface area contributed by atoms with E-state index in [1.54, 1.807) is 0 Å². The van der Waals surface area contributed by atoms with Crippen molar-refractivity contribution < 1.29 is 9.53 Å². The Morgan fingerprint density at radius 3 is 1.90 bits per heavy atom. The summed E-state index contributed by atoms with van der Waals surface area (Å²) in [6, 6.07) is 0. The van der Waals surface area contributed by atoms with Gasteiger partial charge in [0.25, 0.3) is 0 Å². The minimum absolute atomic E-state index is 0.0531. The standard InChI is InChI=1S/C19H30O2/c1-12(13(2)18(3,4)5)17(20)21-19-9-14-6-15(10-19)8-16(7-14)11-19/h13-16H,1,6-11H2,2-5H3. The first-order valence-corrected chi connectivity index (χ1v) is 8.61. The van der Waals surface area contributed by atoms with E-state index < -0.39 is 0 Å². The van der Waals surface area contributed by atoms with Gasteiger partial charge in [0, 0.05) is 5.57 Å². The predicted molar refractivity (Wildman–Crippen MR) is 84.8 cm³/mol. The zero-order chi connectivity index (χ0) is 15.4. The Hall–Kier alpha value is -0.790. The highest BCUT2D eigenvalue weighted by Crippen LogP contribution is 2.57. The molecule has 4 rings (SSSR count). The SMILES string of the molecule is C=C(C(=O)OC12CC3CC(CC(C3)C1)C2)C(C)C(C)(C)C. The number of carbonyl (C=O) groups is 1. The van der Waals surface area contributed by atoms with Crippen LogP contribution in [0, 0.1) is 29.1 Å². The molecule has 4 bridgehead atoms. The fourth-order valence-electron chi connectivity index (χ4n) is 5.12. The summed E-state index contributed by atoms with van der Waals surface area (Å²) >= 11 is 0. The number of esters is 1. The van der Waals surface area contributed by atoms with Crippen LogP contribution in [-0.2, 0) is 9.53 Å². The first-order chi connectivity index (χ1) is 9.68. The molecule has 2 nitrogen and oxygen atoms in total. The summed E-state index contributed by atoms with van der Waals surface area (Å²) in [6.45, 7) is 12.6. The molecule has 4 fully saturated rings. The molecule has 0 aliphatic heterocycles. The second-order valence-corrected chi connectivity index (χ2v) is 9.10. The van der Waals surface area contributed by atoms with Gasteiger partial charge in [-0.2, -0.15) is 0 Å². The van der Waals surface area contributed by atoms with Crippen LogP contribution in [0.4, 0.5) is 0 Å². The molecule has 4 saturated carbocycles. The van der Waals surface area contributed by atoms with E-state index in [-0.39, 0.29) is 22.9 Å². The van der Waals surface area contributed by atoms with Crippen LogP contribution >= 0.6 is 0 Å². The molecule has 1 atom stereocenters. The van der Waals surface area contributed by atoms with Crippen molar-refractivity contribution in [3.8, 4) is 0 Å². The van der Waals surface area contributed by atoms with E-state index in [0.29, 0.717) is 5.57 Å². The highest BCUT2D eigenvalue weighted by atomic mass is 16.6. The van der Waals surface area contributed by atoms with Crippen molar-refractivity contribution in [1.29, 1.82) is 0 Å². The summed E-state index contributed by atoms with van der Waals surface area (Å²) in [5, 5.41) is 0. The molecule has 4 aliphatic carbocycles. The molecule has 0 heterocycles. The van der Waals surface area contributed by atoms with Gasteiger partial charge in [-0.3, -0.25) is 0 Å². The van der Waals surface area contributed by atoms with Crippen molar-refractivity contribution in [1.82, 2.24) is 0 Å². The van der Waals surface area contributed by atoms with Gasteiger partial charge in [-0.05, 0) is 67.6 Å². The van der Waals surface area contributed by atoms with E-state index in [4.69, 9.17) is 4.74 Å². The molecular weight excluding hydrogens is 260 g/mol. The summed E-state index contributed by atoms with van der Waals surface area (Å²) in [5.74, 6) is 2.42. The first-order valence-electron chi connectivity index (χ1n) is 8.61. The lowest BCUT2D eigenvalue weighted by Crippen LogP contribution is -2.53. The lowest BCUT2D eigenvalue weighted by Gasteiger charge is -2.55. The second kappa shape index (κ2) is 4.86. The summed E-state index contributed by atoms with van der Waals surface area (Å²) in [6.07, 6.45) is 7.41. The molecule has 0 amide bonds. The predicted octanol–water partition coefficient (Wildman–Crippen LogP) is 4.74. The smallest absolute Gasteiger partial charge is 0.334 e. The molecule has 21 heavy (non-hydrogen) atoms. The minimum atomic E-state index is -0.146. The molecule has 0 radical (unpaired) electrons. The third kappa shape index (κ3) is 2.78.